The van der Waals surface area contributed by atoms with Crippen LogP contribution in [0.4, 0.5) is 10.5 Å². The van der Waals surface area contributed by atoms with Gasteiger partial charge in [0.2, 0.25) is 5.91 Å². The monoisotopic (exact) mass is 510 g/mol. The summed E-state index contributed by atoms with van der Waals surface area (Å²) in [6, 6.07) is 3.93. The number of hydrogen-bond donors (Lipinski definition) is 2. The first-order chi connectivity index (χ1) is 16.3. The number of aliphatic hydroxyl groups is 1. The number of benzene rings is 1. The maximum atomic E-state index is 13.2. The summed E-state index contributed by atoms with van der Waals surface area (Å²) in [7, 11) is 0. The lowest BCUT2D eigenvalue weighted by atomic mass is 9.90. The van der Waals surface area contributed by atoms with Crippen molar-refractivity contribution in [1.29, 1.82) is 0 Å². The standard InChI is InChI=1S/C24H32Cl2N4O4/c1-15-22(32)30-17(3-2-9-28-10-8-24(6-7-24)20(31)12-28)14-34-21(30)13-29(15)23(33)27-16-4-5-18(25)19(26)11-16/h4-5,11,15,17,20-21,31H,2-3,6-10,12-14H2,1H3,(H,27,33)/t15-,17-,20+,21+/m0/s1. The molecule has 3 aliphatic heterocycles. The lowest BCUT2D eigenvalue weighted by Gasteiger charge is -2.42. The molecule has 3 heterocycles. The maximum absolute atomic E-state index is 13.2. The van der Waals surface area contributed by atoms with Crippen molar-refractivity contribution in [3.8, 4) is 0 Å². The molecule has 4 aliphatic rings. The van der Waals surface area contributed by atoms with Crippen LogP contribution >= 0.6 is 23.2 Å². The average molecular weight is 511 g/mol. The molecule has 0 aromatic heterocycles. The number of fused-ring (bicyclic) bond motifs is 1. The molecule has 3 saturated heterocycles. The van der Waals surface area contributed by atoms with Gasteiger partial charge in [0, 0.05) is 12.2 Å². The molecule has 1 saturated carbocycles. The van der Waals surface area contributed by atoms with E-state index >= 15 is 0 Å². The first-order valence-corrected chi connectivity index (χ1v) is 12.9. The van der Waals surface area contributed by atoms with Crippen LogP contribution in [0.5, 0.6) is 0 Å². The van der Waals surface area contributed by atoms with Gasteiger partial charge in [0.25, 0.3) is 0 Å². The molecule has 4 atom stereocenters. The summed E-state index contributed by atoms with van der Waals surface area (Å²) in [6.45, 7) is 5.28. The summed E-state index contributed by atoms with van der Waals surface area (Å²) in [6.07, 6.45) is 4.58. The number of hydrogen-bond acceptors (Lipinski definition) is 5. The van der Waals surface area contributed by atoms with Crippen molar-refractivity contribution in [2.24, 2.45) is 5.41 Å². The molecule has 10 heteroatoms. The van der Waals surface area contributed by atoms with E-state index in [1.807, 2.05) is 4.90 Å². The molecule has 4 fully saturated rings. The molecule has 1 aromatic carbocycles. The second-order valence-electron chi connectivity index (χ2n) is 10.1. The minimum atomic E-state index is -0.588. The van der Waals surface area contributed by atoms with E-state index in [-0.39, 0.29) is 29.5 Å². The van der Waals surface area contributed by atoms with Gasteiger partial charge in [-0.3, -0.25) is 4.79 Å². The van der Waals surface area contributed by atoms with Crippen LogP contribution in [-0.2, 0) is 9.53 Å². The fourth-order valence-electron chi connectivity index (χ4n) is 5.58. The molecule has 0 unspecified atom stereocenters. The quantitative estimate of drug-likeness (QED) is 0.633. The SMILES string of the molecule is C[C@H]1C(=O)N2[C@@H](CCCN3CCC4(CC4)[C@H](O)C3)CO[C@@H]2CN1C(=O)Nc1ccc(Cl)c(Cl)c1. The molecule has 0 radical (unpaired) electrons. The van der Waals surface area contributed by atoms with E-state index in [1.54, 1.807) is 25.1 Å². The first kappa shape index (κ1) is 24.1. The normalized spacial score (nSPS) is 30.5. The average Bonchev–Trinajstić information content (AvgIpc) is 3.48. The summed E-state index contributed by atoms with van der Waals surface area (Å²) < 4.78 is 5.94. The second kappa shape index (κ2) is 9.47. The summed E-state index contributed by atoms with van der Waals surface area (Å²) >= 11 is 12.0. The van der Waals surface area contributed by atoms with E-state index in [9.17, 15) is 14.7 Å². The Hall–Kier alpha value is -1.58. The zero-order valence-corrected chi connectivity index (χ0v) is 20.9. The van der Waals surface area contributed by atoms with Crippen molar-refractivity contribution in [3.05, 3.63) is 28.2 Å². The van der Waals surface area contributed by atoms with Crippen molar-refractivity contribution >= 4 is 40.8 Å². The Bertz CT molecular complexity index is 959. The third-order valence-electron chi connectivity index (χ3n) is 8.02. The van der Waals surface area contributed by atoms with Crippen LogP contribution in [0.25, 0.3) is 0 Å². The van der Waals surface area contributed by atoms with Crippen molar-refractivity contribution < 1.29 is 19.4 Å². The molecule has 0 bridgehead atoms. The molecule has 1 aromatic rings. The van der Waals surface area contributed by atoms with Crippen molar-refractivity contribution in [3.63, 3.8) is 0 Å². The van der Waals surface area contributed by atoms with Crippen molar-refractivity contribution in [2.75, 3.05) is 38.1 Å². The van der Waals surface area contributed by atoms with E-state index in [0.717, 1.165) is 38.9 Å². The number of β-amino-alcohol motifs (C(OH)–C–C–N with tert-alkyl or cyclic N) is 1. The second-order valence-corrected chi connectivity index (χ2v) is 11.0. The number of likely N-dealkylation sites (tertiary alicyclic amines) is 1. The minimum Gasteiger partial charge on any atom is -0.391 e. The van der Waals surface area contributed by atoms with E-state index in [1.165, 1.54) is 17.7 Å². The van der Waals surface area contributed by atoms with Crippen LogP contribution < -0.4 is 5.32 Å². The Kier molecular flexibility index (Phi) is 6.72. The Morgan fingerprint density at radius 1 is 1.24 bits per heavy atom. The minimum absolute atomic E-state index is 0.0183. The van der Waals surface area contributed by atoms with Crippen LogP contribution in [0.2, 0.25) is 10.0 Å². The van der Waals surface area contributed by atoms with E-state index < -0.39 is 12.3 Å². The Balaban J connectivity index is 1.13. The highest BCUT2D eigenvalue weighted by Crippen LogP contribution is 2.53. The number of carbonyl (C=O) groups excluding carboxylic acids is 2. The van der Waals surface area contributed by atoms with Gasteiger partial charge >= 0.3 is 6.03 Å². The largest absolute Gasteiger partial charge is 0.391 e. The van der Waals surface area contributed by atoms with Crippen molar-refractivity contribution in [2.45, 2.75) is 63.4 Å². The number of aliphatic hydroxyl groups excluding tert-OH is 1. The van der Waals surface area contributed by atoms with Gasteiger partial charge in [0.1, 0.15) is 6.04 Å². The van der Waals surface area contributed by atoms with Crippen molar-refractivity contribution in [1.82, 2.24) is 14.7 Å². The van der Waals surface area contributed by atoms with Crippen LogP contribution in [0, 0.1) is 5.41 Å². The van der Waals surface area contributed by atoms with Gasteiger partial charge < -0.3 is 29.9 Å². The molecule has 2 N–H and O–H groups in total. The Labute approximate surface area is 210 Å². The highest BCUT2D eigenvalue weighted by Gasteiger charge is 2.51. The third-order valence-corrected chi connectivity index (χ3v) is 8.76. The summed E-state index contributed by atoms with van der Waals surface area (Å²) in [5.41, 5.74) is 0.735. The van der Waals surface area contributed by atoms with Gasteiger partial charge in [0.15, 0.2) is 6.23 Å². The molecule has 1 aliphatic carbocycles. The molecular weight excluding hydrogens is 479 g/mol. The number of urea groups is 1. The fraction of sp³-hybridized carbons (Fsp3) is 0.667. The Morgan fingerprint density at radius 3 is 2.74 bits per heavy atom. The third kappa shape index (κ3) is 4.63. The number of rotatable bonds is 5. The predicted octanol–water partition coefficient (Wildman–Crippen LogP) is 3.41. The van der Waals surface area contributed by atoms with Crippen LogP contribution in [0.3, 0.4) is 0 Å². The van der Waals surface area contributed by atoms with Gasteiger partial charge in [-0.25, -0.2) is 4.79 Å². The summed E-state index contributed by atoms with van der Waals surface area (Å²) in [5, 5.41) is 14.0. The number of anilines is 1. The lowest BCUT2D eigenvalue weighted by Crippen LogP contribution is -2.62. The van der Waals surface area contributed by atoms with E-state index in [4.69, 9.17) is 27.9 Å². The smallest absolute Gasteiger partial charge is 0.322 e. The van der Waals surface area contributed by atoms with Gasteiger partial charge in [0.05, 0.1) is 35.3 Å². The van der Waals surface area contributed by atoms with Gasteiger partial charge in [-0.15, -0.1) is 0 Å². The summed E-state index contributed by atoms with van der Waals surface area (Å²) in [5.74, 6) is -0.0906. The van der Waals surface area contributed by atoms with Gasteiger partial charge in [-0.2, -0.15) is 0 Å². The molecule has 8 nitrogen and oxygen atoms in total. The topological polar surface area (TPSA) is 85.4 Å². The van der Waals surface area contributed by atoms with Gasteiger partial charge in [-0.1, -0.05) is 23.2 Å². The number of carbonyl (C=O) groups is 2. The maximum Gasteiger partial charge on any atom is 0.322 e. The first-order valence-electron chi connectivity index (χ1n) is 12.1. The predicted molar refractivity (Wildman–Crippen MR) is 130 cm³/mol. The molecule has 1 spiro atoms. The lowest BCUT2D eigenvalue weighted by molar-refractivity contribution is -0.150. The number of nitrogens with zero attached hydrogens (tertiary/aromatic N) is 3. The fourth-order valence-corrected chi connectivity index (χ4v) is 5.88. The van der Waals surface area contributed by atoms with Crippen LogP contribution in [0.1, 0.15) is 39.0 Å². The molecule has 186 valence electrons. The number of halogens is 2. The molecule has 34 heavy (non-hydrogen) atoms. The highest BCUT2D eigenvalue weighted by atomic mass is 35.5. The number of amides is 3. The molecule has 5 rings (SSSR count). The summed E-state index contributed by atoms with van der Waals surface area (Å²) in [4.78, 5) is 31.8. The van der Waals surface area contributed by atoms with E-state index in [0.29, 0.717) is 28.9 Å². The molecule has 3 amide bonds. The van der Waals surface area contributed by atoms with Crippen LogP contribution in [0.15, 0.2) is 18.2 Å². The molecular formula is C24H32Cl2N4O4. The zero-order chi connectivity index (χ0) is 24.0. The highest BCUT2D eigenvalue weighted by molar-refractivity contribution is 6.42. The number of ether oxygens (including phenoxy) is 1. The number of nitrogens with one attached hydrogen (secondary N) is 1. The van der Waals surface area contributed by atoms with E-state index in [2.05, 4.69) is 10.2 Å². The van der Waals surface area contributed by atoms with Gasteiger partial charge in [-0.05, 0) is 75.7 Å². The number of piperidine rings is 1. The van der Waals surface area contributed by atoms with Crippen LogP contribution in [-0.4, -0.2) is 88.9 Å². The Morgan fingerprint density at radius 2 is 2.03 bits per heavy atom. The zero-order valence-electron chi connectivity index (χ0n) is 19.4. The number of piperazine rings is 1.